The molecular weight excluding hydrogens is 228 g/mol. The Balaban J connectivity index is 2.18. The molecule has 0 spiro atoms. The standard InChI is InChI=1S/C12H15F2NO2/c1-15-5-6-17-10(7-15)12(16)8-3-2-4-9(13)11(8)14/h2-4,10,12,16H,5-7H2,1H3. The SMILES string of the molecule is CN1CCOC(C(O)c2cccc(F)c2F)C1. The topological polar surface area (TPSA) is 32.7 Å². The van der Waals surface area contributed by atoms with Crippen molar-refractivity contribution >= 4 is 0 Å². The maximum absolute atomic E-state index is 13.5. The van der Waals surface area contributed by atoms with Crippen LogP contribution in [0.25, 0.3) is 0 Å². The molecule has 1 aromatic rings. The van der Waals surface area contributed by atoms with Gasteiger partial charge >= 0.3 is 0 Å². The van der Waals surface area contributed by atoms with Crippen LogP contribution in [0.5, 0.6) is 0 Å². The lowest BCUT2D eigenvalue weighted by molar-refractivity contribution is -0.0855. The molecule has 2 atom stereocenters. The van der Waals surface area contributed by atoms with Gasteiger partial charge in [-0.3, -0.25) is 0 Å². The molecule has 1 aromatic carbocycles. The maximum Gasteiger partial charge on any atom is 0.164 e. The first-order valence-corrected chi connectivity index (χ1v) is 5.51. The van der Waals surface area contributed by atoms with Crippen molar-refractivity contribution in [3.63, 3.8) is 0 Å². The van der Waals surface area contributed by atoms with E-state index in [0.29, 0.717) is 13.2 Å². The van der Waals surface area contributed by atoms with Crippen LogP contribution in [0.2, 0.25) is 0 Å². The van der Waals surface area contributed by atoms with Gasteiger partial charge in [0.1, 0.15) is 12.2 Å². The van der Waals surface area contributed by atoms with Crippen molar-refractivity contribution in [2.24, 2.45) is 0 Å². The molecule has 1 aliphatic heterocycles. The summed E-state index contributed by atoms with van der Waals surface area (Å²) in [5.74, 6) is -1.96. The average Bonchev–Trinajstić information content (AvgIpc) is 2.32. The molecule has 2 rings (SSSR count). The minimum absolute atomic E-state index is 0.0506. The number of rotatable bonds is 2. The van der Waals surface area contributed by atoms with Crippen LogP contribution in [-0.2, 0) is 4.74 Å². The summed E-state index contributed by atoms with van der Waals surface area (Å²) in [5.41, 5.74) is -0.0506. The van der Waals surface area contributed by atoms with Crippen molar-refractivity contribution in [1.29, 1.82) is 0 Å². The van der Waals surface area contributed by atoms with Crippen LogP contribution in [0, 0.1) is 11.6 Å². The molecule has 3 nitrogen and oxygen atoms in total. The Kier molecular flexibility index (Phi) is 3.71. The molecule has 1 heterocycles. The molecule has 0 saturated carbocycles. The zero-order valence-electron chi connectivity index (χ0n) is 9.57. The predicted octanol–water partition coefficient (Wildman–Crippen LogP) is 1.33. The summed E-state index contributed by atoms with van der Waals surface area (Å²) < 4.78 is 31.9. The summed E-state index contributed by atoms with van der Waals surface area (Å²) in [6.45, 7) is 1.75. The molecule has 94 valence electrons. The fraction of sp³-hybridized carbons (Fsp3) is 0.500. The van der Waals surface area contributed by atoms with Crippen molar-refractivity contribution in [1.82, 2.24) is 4.90 Å². The molecule has 2 unspecified atom stereocenters. The van der Waals surface area contributed by atoms with Gasteiger partial charge in [0.25, 0.3) is 0 Å². The van der Waals surface area contributed by atoms with E-state index in [1.54, 1.807) is 0 Å². The van der Waals surface area contributed by atoms with E-state index in [9.17, 15) is 13.9 Å². The Hall–Kier alpha value is -1.04. The predicted molar refractivity (Wildman–Crippen MR) is 58.6 cm³/mol. The molecule has 1 saturated heterocycles. The van der Waals surface area contributed by atoms with E-state index in [-0.39, 0.29) is 5.56 Å². The number of halogens is 2. The lowest BCUT2D eigenvalue weighted by Gasteiger charge is -2.33. The van der Waals surface area contributed by atoms with Crippen LogP contribution in [0.15, 0.2) is 18.2 Å². The number of morpholine rings is 1. The van der Waals surface area contributed by atoms with Gasteiger partial charge in [0.05, 0.1) is 6.61 Å². The van der Waals surface area contributed by atoms with E-state index in [1.807, 2.05) is 11.9 Å². The number of benzene rings is 1. The molecule has 0 amide bonds. The third-order valence-corrected chi connectivity index (χ3v) is 2.95. The molecular formula is C12H15F2NO2. The van der Waals surface area contributed by atoms with Crippen LogP contribution in [0.3, 0.4) is 0 Å². The number of likely N-dealkylation sites (N-methyl/N-ethyl adjacent to an activating group) is 1. The lowest BCUT2D eigenvalue weighted by Crippen LogP contribution is -2.43. The largest absolute Gasteiger partial charge is 0.386 e. The summed E-state index contributed by atoms with van der Waals surface area (Å²) >= 11 is 0. The van der Waals surface area contributed by atoms with Crippen molar-refractivity contribution in [2.45, 2.75) is 12.2 Å². The summed E-state index contributed by atoms with van der Waals surface area (Å²) in [6, 6.07) is 3.78. The van der Waals surface area contributed by atoms with Crippen LogP contribution >= 0.6 is 0 Å². The average molecular weight is 243 g/mol. The van der Waals surface area contributed by atoms with E-state index >= 15 is 0 Å². The quantitative estimate of drug-likeness (QED) is 0.850. The minimum atomic E-state index is -1.14. The molecule has 0 bridgehead atoms. The van der Waals surface area contributed by atoms with Gasteiger partial charge in [0, 0.05) is 18.7 Å². The molecule has 1 N–H and O–H groups in total. The van der Waals surface area contributed by atoms with Crippen molar-refractivity contribution in [3.8, 4) is 0 Å². The second-order valence-corrected chi connectivity index (χ2v) is 4.26. The van der Waals surface area contributed by atoms with Gasteiger partial charge in [-0.2, -0.15) is 0 Å². The van der Waals surface area contributed by atoms with Gasteiger partial charge in [0.2, 0.25) is 0 Å². The second-order valence-electron chi connectivity index (χ2n) is 4.26. The van der Waals surface area contributed by atoms with Gasteiger partial charge in [-0.15, -0.1) is 0 Å². The smallest absolute Gasteiger partial charge is 0.164 e. The summed E-state index contributed by atoms with van der Waals surface area (Å²) in [4.78, 5) is 1.98. The van der Waals surface area contributed by atoms with Crippen molar-refractivity contribution in [2.75, 3.05) is 26.7 Å². The van der Waals surface area contributed by atoms with E-state index < -0.39 is 23.8 Å². The molecule has 1 aliphatic rings. The van der Waals surface area contributed by atoms with E-state index in [2.05, 4.69) is 0 Å². The number of ether oxygens (including phenoxy) is 1. The Labute approximate surface area is 98.6 Å². The van der Waals surface area contributed by atoms with Gasteiger partial charge in [0.15, 0.2) is 11.6 Å². The Morgan fingerprint density at radius 2 is 2.24 bits per heavy atom. The summed E-state index contributed by atoms with van der Waals surface area (Å²) in [6.07, 6.45) is -1.67. The van der Waals surface area contributed by atoms with Gasteiger partial charge in [-0.1, -0.05) is 12.1 Å². The van der Waals surface area contributed by atoms with Crippen molar-refractivity contribution < 1.29 is 18.6 Å². The summed E-state index contributed by atoms with van der Waals surface area (Å²) in [7, 11) is 1.89. The van der Waals surface area contributed by atoms with Gasteiger partial charge in [-0.05, 0) is 13.1 Å². The molecule has 5 heteroatoms. The first kappa shape index (κ1) is 12.4. The van der Waals surface area contributed by atoms with E-state index in [1.165, 1.54) is 12.1 Å². The number of hydrogen-bond donors (Lipinski definition) is 1. The highest BCUT2D eigenvalue weighted by atomic mass is 19.2. The van der Waals surface area contributed by atoms with Crippen molar-refractivity contribution in [3.05, 3.63) is 35.4 Å². The minimum Gasteiger partial charge on any atom is -0.386 e. The molecule has 0 aromatic heterocycles. The highest BCUT2D eigenvalue weighted by molar-refractivity contribution is 5.22. The second kappa shape index (κ2) is 5.08. The Morgan fingerprint density at radius 1 is 1.47 bits per heavy atom. The Morgan fingerprint density at radius 3 is 2.94 bits per heavy atom. The third-order valence-electron chi connectivity index (χ3n) is 2.95. The molecule has 1 fully saturated rings. The number of aliphatic hydroxyl groups is 1. The first-order valence-electron chi connectivity index (χ1n) is 5.51. The van der Waals surface area contributed by atoms with Crippen LogP contribution in [0.4, 0.5) is 8.78 Å². The first-order chi connectivity index (χ1) is 8.09. The third kappa shape index (κ3) is 2.62. The lowest BCUT2D eigenvalue weighted by atomic mass is 10.0. The zero-order chi connectivity index (χ0) is 12.4. The maximum atomic E-state index is 13.5. The van der Waals surface area contributed by atoms with E-state index in [0.717, 1.165) is 12.6 Å². The fourth-order valence-corrected chi connectivity index (χ4v) is 1.95. The molecule has 0 radical (unpaired) electrons. The fourth-order valence-electron chi connectivity index (χ4n) is 1.95. The van der Waals surface area contributed by atoms with Gasteiger partial charge < -0.3 is 14.7 Å². The van der Waals surface area contributed by atoms with E-state index in [4.69, 9.17) is 4.74 Å². The van der Waals surface area contributed by atoms with Gasteiger partial charge in [-0.25, -0.2) is 8.78 Å². The number of aliphatic hydroxyl groups excluding tert-OH is 1. The number of hydrogen-bond acceptors (Lipinski definition) is 3. The zero-order valence-corrected chi connectivity index (χ0v) is 9.57. The monoisotopic (exact) mass is 243 g/mol. The number of nitrogens with zero attached hydrogens (tertiary/aromatic N) is 1. The molecule has 0 aliphatic carbocycles. The van der Waals surface area contributed by atoms with Crippen LogP contribution < -0.4 is 0 Å². The van der Waals surface area contributed by atoms with Crippen LogP contribution in [0.1, 0.15) is 11.7 Å². The molecule has 17 heavy (non-hydrogen) atoms. The summed E-state index contributed by atoms with van der Waals surface area (Å²) in [5, 5.41) is 10.0. The highest BCUT2D eigenvalue weighted by Gasteiger charge is 2.28. The highest BCUT2D eigenvalue weighted by Crippen LogP contribution is 2.25. The normalized spacial score (nSPS) is 23.6. The van der Waals surface area contributed by atoms with Crippen LogP contribution in [-0.4, -0.2) is 42.9 Å². The Bertz CT molecular complexity index is 400.